The highest BCUT2D eigenvalue weighted by Crippen LogP contribution is 2.30. The van der Waals surface area contributed by atoms with Gasteiger partial charge in [-0.25, -0.2) is 0 Å². The SMILES string of the molecule is CC1CCC([C@H](N)C(=O)Nc2cnn(Cc3ccc[nH]c3=O)c2)CC1.Cl. The molecule has 2 aromatic rings. The summed E-state index contributed by atoms with van der Waals surface area (Å²) in [5, 5.41) is 7.03. The van der Waals surface area contributed by atoms with Gasteiger partial charge in [0, 0.05) is 18.0 Å². The zero-order valence-electron chi connectivity index (χ0n) is 14.9. The molecule has 0 aliphatic heterocycles. The highest BCUT2D eigenvalue weighted by atomic mass is 35.5. The maximum Gasteiger partial charge on any atom is 0.253 e. The number of carbonyl (C=O) groups is 1. The molecule has 0 saturated heterocycles. The van der Waals surface area contributed by atoms with E-state index in [0.717, 1.165) is 31.6 Å². The number of hydrogen-bond donors (Lipinski definition) is 3. The quantitative estimate of drug-likeness (QED) is 0.739. The summed E-state index contributed by atoms with van der Waals surface area (Å²) in [4.78, 5) is 26.7. The smallest absolute Gasteiger partial charge is 0.253 e. The number of aromatic amines is 1. The Balaban J connectivity index is 0.00000243. The van der Waals surface area contributed by atoms with Gasteiger partial charge in [-0.05, 0) is 30.7 Å². The molecule has 7 nitrogen and oxygen atoms in total. The minimum atomic E-state index is -0.493. The lowest BCUT2D eigenvalue weighted by Gasteiger charge is -2.29. The zero-order valence-corrected chi connectivity index (χ0v) is 15.7. The van der Waals surface area contributed by atoms with Gasteiger partial charge in [-0.2, -0.15) is 5.10 Å². The highest BCUT2D eigenvalue weighted by molar-refractivity contribution is 5.94. The van der Waals surface area contributed by atoms with Crippen molar-refractivity contribution in [2.45, 2.75) is 45.2 Å². The number of nitrogens with zero attached hydrogens (tertiary/aromatic N) is 2. The number of rotatable bonds is 5. The van der Waals surface area contributed by atoms with Crippen molar-refractivity contribution in [2.75, 3.05) is 5.32 Å². The number of amides is 1. The third-order valence-corrected chi connectivity index (χ3v) is 5.00. The van der Waals surface area contributed by atoms with Crippen molar-refractivity contribution < 1.29 is 4.79 Å². The van der Waals surface area contributed by atoms with Gasteiger partial charge in [-0.15, -0.1) is 12.4 Å². The van der Waals surface area contributed by atoms with Crippen LogP contribution in [0.2, 0.25) is 0 Å². The summed E-state index contributed by atoms with van der Waals surface area (Å²) in [6, 6.07) is 3.03. The molecule has 2 heterocycles. The molecule has 0 unspecified atom stereocenters. The van der Waals surface area contributed by atoms with Gasteiger partial charge < -0.3 is 16.0 Å². The second-order valence-corrected chi connectivity index (χ2v) is 6.99. The number of nitrogens with two attached hydrogens (primary N) is 1. The minimum Gasteiger partial charge on any atom is -0.329 e. The predicted octanol–water partition coefficient (Wildman–Crippen LogP) is 2.13. The maximum atomic E-state index is 12.4. The second-order valence-electron chi connectivity index (χ2n) is 6.99. The molecule has 0 aromatic carbocycles. The first kappa shape index (κ1) is 20.2. The van der Waals surface area contributed by atoms with Gasteiger partial charge >= 0.3 is 0 Å². The van der Waals surface area contributed by atoms with Crippen LogP contribution >= 0.6 is 12.4 Å². The van der Waals surface area contributed by atoms with Gasteiger partial charge in [0.1, 0.15) is 0 Å². The summed E-state index contributed by atoms with van der Waals surface area (Å²) in [6.45, 7) is 2.59. The summed E-state index contributed by atoms with van der Waals surface area (Å²) in [5.74, 6) is 0.802. The van der Waals surface area contributed by atoms with Gasteiger partial charge in [0.25, 0.3) is 5.56 Å². The lowest BCUT2D eigenvalue weighted by Crippen LogP contribution is -2.43. The van der Waals surface area contributed by atoms with E-state index in [1.54, 1.807) is 35.4 Å². The number of aromatic nitrogens is 3. The number of H-pyrrole nitrogens is 1. The lowest BCUT2D eigenvalue weighted by molar-refractivity contribution is -0.118. The molecule has 2 aromatic heterocycles. The van der Waals surface area contributed by atoms with Crippen LogP contribution in [0.25, 0.3) is 0 Å². The van der Waals surface area contributed by atoms with Crippen molar-refractivity contribution in [3.8, 4) is 0 Å². The van der Waals surface area contributed by atoms with Gasteiger partial charge in [0.2, 0.25) is 5.91 Å². The number of anilines is 1. The zero-order chi connectivity index (χ0) is 17.8. The fourth-order valence-corrected chi connectivity index (χ4v) is 3.35. The Kier molecular flexibility index (Phi) is 6.99. The van der Waals surface area contributed by atoms with Crippen LogP contribution in [-0.4, -0.2) is 26.7 Å². The molecular formula is C18H26ClN5O2. The van der Waals surface area contributed by atoms with E-state index in [0.29, 0.717) is 17.8 Å². The molecule has 1 aliphatic carbocycles. The first-order valence-electron chi connectivity index (χ1n) is 8.78. The molecule has 0 radical (unpaired) electrons. The molecule has 142 valence electrons. The number of halogens is 1. The summed E-state index contributed by atoms with van der Waals surface area (Å²) < 4.78 is 1.62. The van der Waals surface area contributed by atoms with Crippen LogP contribution in [0, 0.1) is 11.8 Å². The van der Waals surface area contributed by atoms with E-state index in [2.05, 4.69) is 22.3 Å². The van der Waals surface area contributed by atoms with Crippen LogP contribution in [0.15, 0.2) is 35.5 Å². The normalized spacial score (nSPS) is 20.8. The predicted molar refractivity (Wildman–Crippen MR) is 103 cm³/mol. The summed E-state index contributed by atoms with van der Waals surface area (Å²) in [5.41, 5.74) is 7.21. The lowest BCUT2D eigenvalue weighted by atomic mass is 9.79. The highest BCUT2D eigenvalue weighted by Gasteiger charge is 2.28. The number of nitrogens with one attached hydrogen (secondary N) is 2. The van der Waals surface area contributed by atoms with Crippen LogP contribution in [-0.2, 0) is 11.3 Å². The summed E-state index contributed by atoms with van der Waals surface area (Å²) in [6.07, 6.45) is 9.15. The second kappa shape index (κ2) is 9.00. The average molecular weight is 380 g/mol. The third-order valence-electron chi connectivity index (χ3n) is 5.00. The van der Waals surface area contributed by atoms with Crippen LogP contribution < -0.4 is 16.6 Å². The Bertz CT molecular complexity index is 780. The Morgan fingerprint density at radius 1 is 1.42 bits per heavy atom. The fourth-order valence-electron chi connectivity index (χ4n) is 3.35. The molecule has 4 N–H and O–H groups in total. The van der Waals surface area contributed by atoms with Crippen molar-refractivity contribution in [1.29, 1.82) is 0 Å². The van der Waals surface area contributed by atoms with Crippen molar-refractivity contribution >= 4 is 24.0 Å². The van der Waals surface area contributed by atoms with Crippen molar-refractivity contribution in [3.05, 3.63) is 46.6 Å². The largest absolute Gasteiger partial charge is 0.329 e. The van der Waals surface area contributed by atoms with Crippen molar-refractivity contribution in [2.24, 2.45) is 17.6 Å². The number of carbonyl (C=O) groups excluding carboxylic acids is 1. The molecule has 8 heteroatoms. The molecule has 1 atom stereocenters. The minimum absolute atomic E-state index is 0. The van der Waals surface area contributed by atoms with E-state index in [4.69, 9.17) is 5.73 Å². The standard InChI is InChI=1S/C18H25N5O2.ClH/c1-12-4-6-13(7-5-12)16(19)18(25)22-15-9-21-23(11-15)10-14-3-2-8-20-17(14)24;/h2-3,8-9,11-13,16H,4-7,10,19H2,1H3,(H,20,24)(H,22,25);1H/t12?,13?,16-;/m0./s1. The first-order chi connectivity index (χ1) is 12.0. The Labute approximate surface area is 158 Å². The number of hydrogen-bond acceptors (Lipinski definition) is 4. The van der Waals surface area contributed by atoms with Crippen LogP contribution in [0.1, 0.15) is 38.2 Å². The van der Waals surface area contributed by atoms with E-state index in [-0.39, 0.29) is 29.8 Å². The topological polar surface area (TPSA) is 106 Å². The summed E-state index contributed by atoms with van der Waals surface area (Å²) in [7, 11) is 0. The maximum absolute atomic E-state index is 12.4. The molecule has 1 amide bonds. The van der Waals surface area contributed by atoms with Crippen LogP contribution in [0.5, 0.6) is 0 Å². The van der Waals surface area contributed by atoms with Crippen molar-refractivity contribution in [3.63, 3.8) is 0 Å². The Morgan fingerprint density at radius 3 is 2.85 bits per heavy atom. The van der Waals surface area contributed by atoms with Gasteiger partial charge in [0.15, 0.2) is 0 Å². The molecule has 1 aliphatic rings. The molecule has 26 heavy (non-hydrogen) atoms. The van der Waals surface area contributed by atoms with Crippen LogP contribution in [0.4, 0.5) is 5.69 Å². The van der Waals surface area contributed by atoms with Gasteiger partial charge in [-0.3, -0.25) is 14.3 Å². The Hall–Kier alpha value is -2.12. The number of pyridine rings is 1. The molecule has 1 saturated carbocycles. The van der Waals surface area contributed by atoms with Gasteiger partial charge in [-0.1, -0.05) is 25.8 Å². The molecule has 0 bridgehead atoms. The average Bonchev–Trinajstić information content (AvgIpc) is 3.04. The summed E-state index contributed by atoms with van der Waals surface area (Å²) >= 11 is 0. The molecule has 0 spiro atoms. The molecule has 1 fully saturated rings. The van der Waals surface area contributed by atoms with Gasteiger partial charge in [0.05, 0.1) is 24.5 Å². The monoisotopic (exact) mass is 379 g/mol. The van der Waals surface area contributed by atoms with E-state index in [1.165, 1.54) is 0 Å². The van der Waals surface area contributed by atoms with E-state index < -0.39 is 6.04 Å². The van der Waals surface area contributed by atoms with E-state index >= 15 is 0 Å². The first-order valence-corrected chi connectivity index (χ1v) is 8.78. The van der Waals surface area contributed by atoms with E-state index in [9.17, 15) is 9.59 Å². The van der Waals surface area contributed by atoms with Crippen molar-refractivity contribution in [1.82, 2.24) is 14.8 Å². The molecular weight excluding hydrogens is 354 g/mol. The fraction of sp³-hybridized carbons (Fsp3) is 0.500. The Morgan fingerprint density at radius 2 is 2.15 bits per heavy atom. The molecule has 3 rings (SSSR count). The van der Waals surface area contributed by atoms with E-state index in [1.807, 2.05) is 0 Å². The van der Waals surface area contributed by atoms with Crippen LogP contribution in [0.3, 0.4) is 0 Å². The third kappa shape index (κ3) is 4.95.